The van der Waals surface area contributed by atoms with Gasteiger partial charge in [0, 0.05) is 19.1 Å². The van der Waals surface area contributed by atoms with Gasteiger partial charge in [-0.1, -0.05) is 20.8 Å². The number of nitriles is 1. The van der Waals surface area contributed by atoms with Crippen LogP contribution < -0.4 is 5.32 Å². The summed E-state index contributed by atoms with van der Waals surface area (Å²) >= 11 is 0. The van der Waals surface area contributed by atoms with Gasteiger partial charge in [-0.3, -0.25) is 4.90 Å². The third-order valence-corrected chi connectivity index (χ3v) is 3.93. The SMILES string of the molecule is CCCNC(C#N)CN1CC(C)CC(C)C1C. The molecule has 0 spiro atoms. The van der Waals surface area contributed by atoms with E-state index in [9.17, 15) is 0 Å². The third-order valence-electron chi connectivity index (χ3n) is 3.93. The highest BCUT2D eigenvalue weighted by Crippen LogP contribution is 2.26. The van der Waals surface area contributed by atoms with Gasteiger partial charge in [-0.2, -0.15) is 5.26 Å². The first-order valence-electron chi connectivity index (χ1n) is 6.95. The molecule has 1 aliphatic rings. The van der Waals surface area contributed by atoms with Crippen LogP contribution in [0.4, 0.5) is 0 Å². The molecule has 0 aromatic heterocycles. The lowest BCUT2D eigenvalue weighted by Crippen LogP contribution is -2.51. The molecule has 0 bridgehead atoms. The summed E-state index contributed by atoms with van der Waals surface area (Å²) in [6.07, 6.45) is 2.40. The van der Waals surface area contributed by atoms with Crippen molar-refractivity contribution in [3.05, 3.63) is 0 Å². The van der Waals surface area contributed by atoms with Gasteiger partial charge in [0.15, 0.2) is 0 Å². The van der Waals surface area contributed by atoms with E-state index in [0.717, 1.165) is 37.9 Å². The molecule has 0 aromatic carbocycles. The fourth-order valence-corrected chi connectivity index (χ4v) is 2.78. The van der Waals surface area contributed by atoms with Gasteiger partial charge in [-0.25, -0.2) is 0 Å². The first-order valence-corrected chi connectivity index (χ1v) is 6.95. The zero-order valence-corrected chi connectivity index (χ0v) is 11.7. The molecule has 1 fully saturated rings. The molecule has 0 aliphatic carbocycles. The number of likely N-dealkylation sites (tertiary alicyclic amines) is 1. The number of piperidine rings is 1. The van der Waals surface area contributed by atoms with Crippen molar-refractivity contribution in [2.75, 3.05) is 19.6 Å². The van der Waals surface area contributed by atoms with Crippen molar-refractivity contribution in [2.24, 2.45) is 11.8 Å². The van der Waals surface area contributed by atoms with Gasteiger partial charge in [-0.05, 0) is 38.1 Å². The molecule has 3 heteroatoms. The first kappa shape index (κ1) is 14.5. The lowest BCUT2D eigenvalue weighted by Gasteiger charge is -2.41. The van der Waals surface area contributed by atoms with E-state index in [-0.39, 0.29) is 6.04 Å². The van der Waals surface area contributed by atoms with Crippen LogP contribution in [0.2, 0.25) is 0 Å². The summed E-state index contributed by atoms with van der Waals surface area (Å²) in [7, 11) is 0. The van der Waals surface area contributed by atoms with E-state index < -0.39 is 0 Å². The Balaban J connectivity index is 2.50. The molecule has 4 unspecified atom stereocenters. The molecule has 0 radical (unpaired) electrons. The second kappa shape index (κ2) is 6.98. The number of hydrogen-bond acceptors (Lipinski definition) is 3. The Morgan fingerprint density at radius 1 is 1.41 bits per heavy atom. The van der Waals surface area contributed by atoms with Gasteiger partial charge < -0.3 is 5.32 Å². The van der Waals surface area contributed by atoms with Gasteiger partial charge >= 0.3 is 0 Å². The first-order chi connectivity index (χ1) is 8.08. The van der Waals surface area contributed by atoms with Crippen LogP contribution >= 0.6 is 0 Å². The summed E-state index contributed by atoms with van der Waals surface area (Å²) in [4.78, 5) is 2.48. The topological polar surface area (TPSA) is 39.1 Å². The lowest BCUT2D eigenvalue weighted by molar-refractivity contribution is 0.0754. The van der Waals surface area contributed by atoms with Crippen molar-refractivity contribution in [3.63, 3.8) is 0 Å². The maximum atomic E-state index is 9.16. The molecule has 0 amide bonds. The minimum Gasteiger partial charge on any atom is -0.301 e. The molecule has 0 saturated carbocycles. The van der Waals surface area contributed by atoms with Gasteiger partial charge in [0.2, 0.25) is 0 Å². The summed E-state index contributed by atoms with van der Waals surface area (Å²) in [5, 5.41) is 12.5. The lowest BCUT2D eigenvalue weighted by atomic mass is 9.86. The number of rotatable bonds is 5. The average molecular weight is 237 g/mol. The molecular weight excluding hydrogens is 210 g/mol. The quantitative estimate of drug-likeness (QED) is 0.797. The van der Waals surface area contributed by atoms with Crippen LogP contribution in [0.5, 0.6) is 0 Å². The summed E-state index contributed by atoms with van der Waals surface area (Å²) in [6, 6.07) is 2.97. The van der Waals surface area contributed by atoms with E-state index >= 15 is 0 Å². The van der Waals surface area contributed by atoms with Crippen LogP contribution in [0.3, 0.4) is 0 Å². The molecule has 1 rings (SSSR count). The van der Waals surface area contributed by atoms with Crippen LogP contribution in [0.25, 0.3) is 0 Å². The van der Waals surface area contributed by atoms with Crippen LogP contribution in [-0.4, -0.2) is 36.6 Å². The minimum absolute atomic E-state index is 0.0186. The van der Waals surface area contributed by atoms with Crippen LogP contribution in [0, 0.1) is 23.2 Å². The smallest absolute Gasteiger partial charge is 0.108 e. The van der Waals surface area contributed by atoms with Crippen LogP contribution in [0.1, 0.15) is 40.5 Å². The molecule has 1 saturated heterocycles. The van der Waals surface area contributed by atoms with Crippen molar-refractivity contribution < 1.29 is 0 Å². The highest BCUT2D eigenvalue weighted by molar-refractivity contribution is 4.94. The number of nitrogens with one attached hydrogen (secondary N) is 1. The normalized spacial score (nSPS) is 32.1. The highest BCUT2D eigenvalue weighted by Gasteiger charge is 2.29. The fraction of sp³-hybridized carbons (Fsp3) is 0.929. The molecular formula is C14H27N3. The van der Waals surface area contributed by atoms with Gasteiger partial charge in [0.1, 0.15) is 6.04 Å². The van der Waals surface area contributed by atoms with E-state index in [1.54, 1.807) is 0 Å². The minimum atomic E-state index is -0.0186. The molecule has 3 nitrogen and oxygen atoms in total. The largest absolute Gasteiger partial charge is 0.301 e. The van der Waals surface area contributed by atoms with E-state index in [1.165, 1.54) is 6.42 Å². The van der Waals surface area contributed by atoms with E-state index in [0.29, 0.717) is 6.04 Å². The Bertz CT molecular complexity index is 259. The Morgan fingerprint density at radius 3 is 2.71 bits per heavy atom. The maximum Gasteiger partial charge on any atom is 0.108 e. The Morgan fingerprint density at radius 2 is 2.12 bits per heavy atom. The van der Waals surface area contributed by atoms with Gasteiger partial charge in [0.05, 0.1) is 6.07 Å². The summed E-state index contributed by atoms with van der Waals surface area (Å²) in [5.74, 6) is 1.50. The number of nitrogens with zero attached hydrogens (tertiary/aromatic N) is 2. The van der Waals surface area contributed by atoms with Crippen molar-refractivity contribution in [1.29, 1.82) is 5.26 Å². The second-order valence-electron chi connectivity index (χ2n) is 5.65. The highest BCUT2D eigenvalue weighted by atomic mass is 15.2. The zero-order valence-electron chi connectivity index (χ0n) is 11.7. The molecule has 17 heavy (non-hydrogen) atoms. The summed E-state index contributed by atoms with van der Waals surface area (Å²) < 4.78 is 0. The van der Waals surface area contributed by atoms with Crippen molar-refractivity contribution >= 4 is 0 Å². The fourth-order valence-electron chi connectivity index (χ4n) is 2.78. The Hall–Kier alpha value is -0.590. The number of hydrogen-bond donors (Lipinski definition) is 1. The van der Waals surface area contributed by atoms with Crippen LogP contribution in [0.15, 0.2) is 0 Å². The third kappa shape index (κ3) is 4.29. The summed E-state index contributed by atoms with van der Waals surface area (Å²) in [5.41, 5.74) is 0. The van der Waals surface area contributed by atoms with Crippen LogP contribution in [-0.2, 0) is 0 Å². The Kier molecular flexibility index (Phi) is 5.94. The standard InChI is InChI=1S/C14H27N3/c1-5-6-16-14(8-15)10-17-9-11(2)7-12(3)13(17)4/h11-14,16H,5-7,9-10H2,1-4H3. The van der Waals surface area contributed by atoms with Crippen molar-refractivity contribution in [2.45, 2.75) is 52.6 Å². The molecule has 4 atom stereocenters. The van der Waals surface area contributed by atoms with Crippen molar-refractivity contribution in [1.82, 2.24) is 10.2 Å². The monoisotopic (exact) mass is 237 g/mol. The predicted molar refractivity (Wildman–Crippen MR) is 71.7 cm³/mol. The molecule has 98 valence electrons. The van der Waals surface area contributed by atoms with Gasteiger partial charge in [0.25, 0.3) is 0 Å². The van der Waals surface area contributed by atoms with E-state index in [1.807, 2.05) is 0 Å². The average Bonchev–Trinajstić information content (AvgIpc) is 2.30. The van der Waals surface area contributed by atoms with Crippen molar-refractivity contribution in [3.8, 4) is 6.07 Å². The maximum absolute atomic E-state index is 9.16. The summed E-state index contributed by atoms with van der Waals surface area (Å²) in [6.45, 7) is 12.0. The zero-order chi connectivity index (χ0) is 12.8. The molecule has 1 aliphatic heterocycles. The molecule has 1 heterocycles. The van der Waals surface area contributed by atoms with E-state index in [4.69, 9.17) is 5.26 Å². The molecule has 1 N–H and O–H groups in total. The van der Waals surface area contributed by atoms with E-state index in [2.05, 4.69) is 44.0 Å². The Labute approximate surface area is 106 Å². The predicted octanol–water partition coefficient (Wildman–Crippen LogP) is 2.24. The molecule has 0 aromatic rings. The van der Waals surface area contributed by atoms with Gasteiger partial charge in [-0.15, -0.1) is 0 Å². The second-order valence-corrected chi connectivity index (χ2v) is 5.65.